The number of carboxylic acids is 4. The predicted octanol–water partition coefficient (Wildman–Crippen LogP) is -2.50. The standard InChI is InChI=1S/C12H25N3O3.C6H9N3O2.C6H13NO2.C3H7NO3.C3H7NO2/c1-8(2)7-10(15)12(17)18-11(16)9(14)5-3-4-6-13;7-5(6(10)11)1-4-2-8-3-9-4;1-4(2)3-5(7)6(8)9;4-2(1-5)3(6)7;1-2(4)3(5)6/h8-10H,3-7,13-15H2,1-2H3;2-3,5H,1,7H2,(H,8,9)(H,10,11);4-5H,3,7H2,1-2H3,(H,8,9);2,5H,1,4H2,(H,6,7);2H,4H2,1H3,(H,5,6)/t9-,10-;2*5-;2*2-/m00011/s1. The molecule has 0 radical (unpaired) electrons. The van der Waals surface area contributed by atoms with Crippen LogP contribution >= 0.6 is 0 Å². The zero-order valence-corrected chi connectivity index (χ0v) is 30.0. The van der Waals surface area contributed by atoms with E-state index in [9.17, 15) is 28.8 Å². The summed E-state index contributed by atoms with van der Waals surface area (Å²) in [6.07, 6.45) is 6.40. The van der Waals surface area contributed by atoms with E-state index in [1.165, 1.54) is 13.3 Å². The summed E-state index contributed by atoms with van der Waals surface area (Å²) in [5.74, 6) is -4.86. The quantitative estimate of drug-likeness (QED) is 0.0446. The number of imidazole rings is 1. The van der Waals surface area contributed by atoms with Crippen molar-refractivity contribution in [2.45, 2.75) is 109 Å². The molecule has 0 saturated heterocycles. The number of ether oxygens (including phenoxy) is 1. The molecule has 1 rings (SSSR count). The van der Waals surface area contributed by atoms with Crippen molar-refractivity contribution >= 4 is 35.8 Å². The molecule has 298 valence electrons. The molecule has 0 aliphatic heterocycles. The van der Waals surface area contributed by atoms with Crippen molar-refractivity contribution in [2.24, 2.45) is 52.0 Å². The number of H-pyrrole nitrogens is 1. The van der Waals surface area contributed by atoms with Gasteiger partial charge in [-0.1, -0.05) is 34.1 Å². The number of aliphatic hydroxyl groups excluding tert-OH is 1. The number of hydrogen-bond acceptors (Lipinski definition) is 16. The molecule has 21 heteroatoms. The fraction of sp³-hybridized carbons (Fsp3) is 0.700. The number of carbonyl (C=O) groups excluding carboxylic acids is 2. The van der Waals surface area contributed by atoms with Crippen molar-refractivity contribution in [3.8, 4) is 0 Å². The summed E-state index contributed by atoms with van der Waals surface area (Å²) < 4.78 is 4.65. The molecule has 0 unspecified atom stereocenters. The molecule has 0 aliphatic rings. The average Bonchev–Trinajstić information content (AvgIpc) is 3.54. The first-order chi connectivity index (χ1) is 23.4. The molecular weight excluding hydrogens is 678 g/mol. The summed E-state index contributed by atoms with van der Waals surface area (Å²) in [5, 5.41) is 40.5. The largest absolute Gasteiger partial charge is 0.480 e. The van der Waals surface area contributed by atoms with Gasteiger partial charge in [-0.2, -0.15) is 0 Å². The van der Waals surface area contributed by atoms with Gasteiger partial charge in [0.2, 0.25) is 0 Å². The number of nitrogens with one attached hydrogen (secondary N) is 1. The van der Waals surface area contributed by atoms with Crippen molar-refractivity contribution < 1.29 is 59.0 Å². The Morgan fingerprint density at radius 2 is 1.12 bits per heavy atom. The summed E-state index contributed by atoms with van der Waals surface area (Å²) in [6, 6.07) is -4.97. The number of nitrogens with two attached hydrogens (primary N) is 7. The number of esters is 2. The number of aliphatic carboxylic acids is 4. The molecule has 1 aromatic heterocycles. The Morgan fingerprint density at radius 1 is 0.686 bits per heavy atom. The van der Waals surface area contributed by atoms with Gasteiger partial charge >= 0.3 is 35.8 Å². The van der Waals surface area contributed by atoms with Gasteiger partial charge in [0.25, 0.3) is 0 Å². The molecule has 0 bridgehead atoms. The summed E-state index contributed by atoms with van der Waals surface area (Å²) in [5.41, 5.74) is 37.3. The van der Waals surface area contributed by atoms with Crippen LogP contribution < -0.4 is 40.1 Å². The van der Waals surface area contributed by atoms with E-state index in [0.29, 0.717) is 37.4 Å². The molecular formula is C30H61N9O12. The second-order valence-corrected chi connectivity index (χ2v) is 11.9. The number of aromatic amines is 1. The molecule has 6 atom stereocenters. The lowest BCUT2D eigenvalue weighted by molar-refractivity contribution is -0.162. The predicted molar refractivity (Wildman–Crippen MR) is 186 cm³/mol. The van der Waals surface area contributed by atoms with Gasteiger partial charge in [-0.25, -0.2) is 14.6 Å². The van der Waals surface area contributed by atoms with Gasteiger partial charge in [-0.3, -0.25) is 19.2 Å². The monoisotopic (exact) mass is 739 g/mol. The number of hydrogen-bond donors (Lipinski definition) is 13. The number of rotatable bonds is 17. The average molecular weight is 740 g/mol. The molecule has 0 fully saturated rings. The maximum absolute atomic E-state index is 11.5. The number of carbonyl (C=O) groups is 6. The van der Waals surface area contributed by atoms with Gasteiger partial charge in [0.05, 0.1) is 18.6 Å². The summed E-state index contributed by atoms with van der Waals surface area (Å²) in [4.78, 5) is 69.1. The summed E-state index contributed by atoms with van der Waals surface area (Å²) in [7, 11) is 0. The van der Waals surface area contributed by atoms with E-state index in [2.05, 4.69) is 14.7 Å². The van der Waals surface area contributed by atoms with Gasteiger partial charge in [0.1, 0.15) is 36.3 Å². The van der Waals surface area contributed by atoms with E-state index in [0.717, 1.165) is 12.8 Å². The van der Waals surface area contributed by atoms with Crippen LogP contribution in [0, 0.1) is 11.8 Å². The third kappa shape index (κ3) is 35.5. The van der Waals surface area contributed by atoms with E-state index in [-0.39, 0.29) is 12.3 Å². The molecule has 0 spiro atoms. The summed E-state index contributed by atoms with van der Waals surface area (Å²) in [6.45, 7) is 9.24. The lowest BCUT2D eigenvalue weighted by Crippen LogP contribution is -2.40. The van der Waals surface area contributed by atoms with Crippen LogP contribution in [0.15, 0.2) is 12.5 Å². The molecule has 1 aromatic rings. The first-order valence-corrected chi connectivity index (χ1v) is 15.9. The minimum absolute atomic E-state index is 0.263. The van der Waals surface area contributed by atoms with Gasteiger partial charge in [0, 0.05) is 12.6 Å². The summed E-state index contributed by atoms with van der Waals surface area (Å²) >= 11 is 0. The van der Waals surface area contributed by atoms with Crippen molar-refractivity contribution in [3.63, 3.8) is 0 Å². The van der Waals surface area contributed by atoms with E-state index in [1.54, 1.807) is 6.20 Å². The van der Waals surface area contributed by atoms with Crippen molar-refractivity contribution in [2.75, 3.05) is 13.2 Å². The maximum atomic E-state index is 11.5. The Bertz CT molecular complexity index is 1110. The van der Waals surface area contributed by atoms with Crippen LogP contribution in [0.1, 0.15) is 72.4 Å². The molecule has 0 aliphatic carbocycles. The molecule has 0 saturated carbocycles. The van der Waals surface area contributed by atoms with E-state index >= 15 is 0 Å². The van der Waals surface area contributed by atoms with Crippen LogP contribution in [-0.2, 0) is 39.9 Å². The van der Waals surface area contributed by atoms with Crippen LogP contribution in [0.25, 0.3) is 0 Å². The minimum atomic E-state index is -1.18. The van der Waals surface area contributed by atoms with Crippen LogP contribution in [0.4, 0.5) is 0 Å². The highest BCUT2D eigenvalue weighted by Crippen LogP contribution is 2.06. The third-order valence-electron chi connectivity index (χ3n) is 5.75. The number of nitrogens with zero attached hydrogens (tertiary/aromatic N) is 1. The Kier molecular flexibility index (Phi) is 33.5. The second-order valence-electron chi connectivity index (χ2n) is 11.9. The number of carboxylic acid groups (broad SMARTS) is 4. The fourth-order valence-corrected chi connectivity index (χ4v) is 2.88. The van der Waals surface area contributed by atoms with E-state index < -0.39 is 78.7 Å². The lowest BCUT2D eigenvalue weighted by atomic mass is 10.0. The highest BCUT2D eigenvalue weighted by atomic mass is 16.6. The minimum Gasteiger partial charge on any atom is -0.480 e. The van der Waals surface area contributed by atoms with Crippen LogP contribution in [-0.4, -0.2) is 121 Å². The number of aliphatic hydroxyl groups is 1. The normalized spacial score (nSPS) is 13.7. The maximum Gasteiger partial charge on any atom is 0.330 e. The third-order valence-corrected chi connectivity index (χ3v) is 5.75. The highest BCUT2D eigenvalue weighted by Gasteiger charge is 2.23. The zero-order chi connectivity index (χ0) is 40.9. The van der Waals surface area contributed by atoms with E-state index in [1.807, 2.05) is 27.7 Å². The topological polar surface area (TPSA) is 424 Å². The van der Waals surface area contributed by atoms with Crippen LogP contribution in [0.3, 0.4) is 0 Å². The SMILES string of the molecule is CC(C)C[C@H](N)C(=O)O.CC(C)C[C@H](N)C(=O)OC(=O)[C@@H](N)CCCCN.C[C@@H](N)C(=O)O.N[C@@H](Cc1c[nH]cn1)C(=O)O.N[C@H](CO)C(=O)O. The van der Waals surface area contributed by atoms with Gasteiger partial charge < -0.3 is 75.4 Å². The first kappa shape index (κ1) is 53.7. The molecule has 0 aromatic carbocycles. The molecule has 0 amide bonds. The molecule has 20 N–H and O–H groups in total. The first-order valence-electron chi connectivity index (χ1n) is 15.9. The van der Waals surface area contributed by atoms with Crippen molar-refractivity contribution in [3.05, 3.63) is 18.2 Å². The number of aromatic nitrogens is 2. The van der Waals surface area contributed by atoms with E-state index in [4.69, 9.17) is 65.7 Å². The van der Waals surface area contributed by atoms with Gasteiger partial charge in [0.15, 0.2) is 0 Å². The molecule has 51 heavy (non-hydrogen) atoms. The molecule has 21 nitrogen and oxygen atoms in total. The highest BCUT2D eigenvalue weighted by molar-refractivity contribution is 5.90. The smallest absolute Gasteiger partial charge is 0.330 e. The van der Waals surface area contributed by atoms with Gasteiger partial charge in [-0.15, -0.1) is 0 Å². The van der Waals surface area contributed by atoms with Crippen LogP contribution in [0.2, 0.25) is 0 Å². The Labute approximate surface area is 297 Å². The second kappa shape index (κ2) is 31.9. The Morgan fingerprint density at radius 3 is 1.41 bits per heavy atom. The van der Waals surface area contributed by atoms with Crippen LogP contribution in [0.5, 0.6) is 0 Å². The fourth-order valence-electron chi connectivity index (χ4n) is 2.88. The zero-order valence-electron chi connectivity index (χ0n) is 30.0. The van der Waals surface area contributed by atoms with Gasteiger partial charge in [-0.05, 0) is 51.0 Å². The molecule has 1 heterocycles. The van der Waals surface area contributed by atoms with Crippen molar-refractivity contribution in [1.29, 1.82) is 0 Å². The lowest BCUT2D eigenvalue weighted by Gasteiger charge is -2.14. The number of unbranched alkanes of at least 4 members (excludes halogenated alkanes) is 1. The van der Waals surface area contributed by atoms with Crippen molar-refractivity contribution in [1.82, 2.24) is 9.97 Å². The Balaban J connectivity index is -0.000000289. The Hall–Kier alpha value is -4.09.